The Labute approximate surface area is 109 Å². The Hall–Kier alpha value is -1.26. The third kappa shape index (κ3) is 3.89. The fourth-order valence-electron chi connectivity index (χ4n) is 2.16. The molecule has 1 atom stereocenters. The van der Waals surface area contributed by atoms with Crippen molar-refractivity contribution in [3.05, 3.63) is 24.3 Å². The molecule has 1 saturated heterocycles. The number of benzene rings is 1. The Balaban J connectivity index is 1.69. The van der Waals surface area contributed by atoms with E-state index in [0.29, 0.717) is 19.3 Å². The summed E-state index contributed by atoms with van der Waals surface area (Å²) in [6.45, 7) is 6.41. The quantitative estimate of drug-likeness (QED) is 0.831. The van der Waals surface area contributed by atoms with Crippen LogP contribution >= 0.6 is 0 Å². The molecule has 0 aromatic heterocycles. The zero-order valence-electron chi connectivity index (χ0n) is 11.0. The minimum atomic E-state index is 0.343. The molecule has 1 aliphatic rings. The molecule has 2 N–H and O–H groups in total. The highest BCUT2D eigenvalue weighted by molar-refractivity contribution is 5.31. The van der Waals surface area contributed by atoms with Gasteiger partial charge >= 0.3 is 0 Å². The van der Waals surface area contributed by atoms with Gasteiger partial charge in [0.25, 0.3) is 0 Å². The van der Waals surface area contributed by atoms with Crippen molar-refractivity contribution in [2.75, 3.05) is 32.8 Å². The average Bonchev–Trinajstić information content (AvgIpc) is 2.78. The smallest absolute Gasteiger partial charge is 0.119 e. The van der Waals surface area contributed by atoms with E-state index < -0.39 is 0 Å². The van der Waals surface area contributed by atoms with Gasteiger partial charge in [-0.05, 0) is 44.2 Å². The predicted molar refractivity (Wildman–Crippen MR) is 72.1 cm³/mol. The maximum Gasteiger partial charge on any atom is 0.119 e. The first kappa shape index (κ1) is 13.2. The predicted octanol–water partition coefficient (Wildman–Crippen LogP) is 1.50. The summed E-state index contributed by atoms with van der Waals surface area (Å²) in [7, 11) is 0. The molecule has 4 heteroatoms. The fraction of sp³-hybridized carbons (Fsp3) is 0.571. The molecule has 4 nitrogen and oxygen atoms in total. The Morgan fingerprint density at radius 1 is 1.22 bits per heavy atom. The second-order valence-electron chi connectivity index (χ2n) is 4.60. The number of ether oxygens (including phenoxy) is 2. The van der Waals surface area contributed by atoms with Crippen molar-refractivity contribution >= 4 is 0 Å². The van der Waals surface area contributed by atoms with Gasteiger partial charge in [0.2, 0.25) is 0 Å². The highest BCUT2D eigenvalue weighted by atomic mass is 16.5. The maximum absolute atomic E-state index is 5.86. The largest absolute Gasteiger partial charge is 0.494 e. The van der Waals surface area contributed by atoms with Crippen molar-refractivity contribution in [3.8, 4) is 11.5 Å². The van der Waals surface area contributed by atoms with E-state index in [1.807, 2.05) is 31.2 Å². The Kier molecular flexibility index (Phi) is 4.84. The van der Waals surface area contributed by atoms with Crippen LogP contribution in [0.15, 0.2) is 24.3 Å². The number of hydrogen-bond donors (Lipinski definition) is 1. The molecule has 1 fully saturated rings. The molecule has 1 aromatic rings. The van der Waals surface area contributed by atoms with Crippen LogP contribution in [0.2, 0.25) is 0 Å². The van der Waals surface area contributed by atoms with E-state index in [4.69, 9.17) is 15.2 Å². The van der Waals surface area contributed by atoms with E-state index in [-0.39, 0.29) is 0 Å². The maximum atomic E-state index is 5.86. The summed E-state index contributed by atoms with van der Waals surface area (Å²) in [4.78, 5) is 2.35. The van der Waals surface area contributed by atoms with E-state index in [2.05, 4.69) is 4.90 Å². The number of hydrogen-bond acceptors (Lipinski definition) is 4. The summed E-state index contributed by atoms with van der Waals surface area (Å²) in [6.07, 6.45) is 1.10. The lowest BCUT2D eigenvalue weighted by molar-refractivity contribution is 0.236. The van der Waals surface area contributed by atoms with E-state index in [9.17, 15) is 0 Å². The summed E-state index contributed by atoms with van der Waals surface area (Å²) < 4.78 is 11.1. The Morgan fingerprint density at radius 3 is 2.44 bits per heavy atom. The Morgan fingerprint density at radius 2 is 1.89 bits per heavy atom. The zero-order chi connectivity index (χ0) is 12.8. The number of nitrogens with two attached hydrogens (primary N) is 1. The zero-order valence-corrected chi connectivity index (χ0v) is 11.0. The molecule has 0 bridgehead atoms. The molecule has 1 aliphatic heterocycles. The molecule has 1 heterocycles. The van der Waals surface area contributed by atoms with Crippen LogP contribution in [0.4, 0.5) is 0 Å². The van der Waals surface area contributed by atoms with Crippen LogP contribution in [0.3, 0.4) is 0 Å². The minimum Gasteiger partial charge on any atom is -0.494 e. The van der Waals surface area contributed by atoms with E-state index in [1.165, 1.54) is 0 Å². The molecule has 1 aromatic carbocycles. The molecule has 2 rings (SSSR count). The van der Waals surface area contributed by atoms with Crippen molar-refractivity contribution < 1.29 is 9.47 Å². The van der Waals surface area contributed by atoms with Crippen LogP contribution < -0.4 is 15.2 Å². The second kappa shape index (κ2) is 6.61. The van der Waals surface area contributed by atoms with Crippen molar-refractivity contribution in [2.45, 2.75) is 19.4 Å². The summed E-state index contributed by atoms with van der Waals surface area (Å²) in [5.41, 5.74) is 5.86. The molecular weight excluding hydrogens is 228 g/mol. The lowest BCUT2D eigenvalue weighted by Crippen LogP contribution is -2.29. The van der Waals surface area contributed by atoms with Crippen LogP contribution in [-0.4, -0.2) is 43.8 Å². The third-order valence-corrected chi connectivity index (χ3v) is 3.12. The van der Waals surface area contributed by atoms with E-state index >= 15 is 0 Å². The molecular formula is C14H22N2O2. The first-order chi connectivity index (χ1) is 8.78. The van der Waals surface area contributed by atoms with Gasteiger partial charge in [-0.1, -0.05) is 0 Å². The van der Waals surface area contributed by atoms with Crippen LogP contribution in [0.5, 0.6) is 11.5 Å². The number of nitrogens with zero attached hydrogens (tertiary/aromatic N) is 1. The average molecular weight is 250 g/mol. The molecule has 0 spiro atoms. The summed E-state index contributed by atoms with van der Waals surface area (Å²) in [6, 6.07) is 8.10. The van der Waals surface area contributed by atoms with Crippen molar-refractivity contribution in [3.63, 3.8) is 0 Å². The molecule has 0 amide bonds. The SMILES string of the molecule is CCOc1ccc(OCCN2CCC(N)C2)cc1. The van der Waals surface area contributed by atoms with Gasteiger partial charge in [0, 0.05) is 19.1 Å². The van der Waals surface area contributed by atoms with Gasteiger partial charge in [-0.25, -0.2) is 0 Å². The standard InChI is InChI=1S/C14H22N2O2/c1-2-17-13-3-5-14(6-4-13)18-10-9-16-8-7-12(15)11-16/h3-6,12H,2,7-11,15H2,1H3. The summed E-state index contributed by atoms with van der Waals surface area (Å²) in [5, 5.41) is 0. The van der Waals surface area contributed by atoms with Gasteiger partial charge in [-0.15, -0.1) is 0 Å². The van der Waals surface area contributed by atoms with Crippen molar-refractivity contribution in [2.24, 2.45) is 5.73 Å². The molecule has 0 radical (unpaired) electrons. The van der Waals surface area contributed by atoms with Gasteiger partial charge in [0.05, 0.1) is 6.61 Å². The highest BCUT2D eigenvalue weighted by Gasteiger charge is 2.18. The second-order valence-corrected chi connectivity index (χ2v) is 4.60. The molecule has 18 heavy (non-hydrogen) atoms. The van der Waals surface area contributed by atoms with Gasteiger partial charge < -0.3 is 15.2 Å². The normalized spacial score (nSPS) is 20.0. The summed E-state index contributed by atoms with van der Waals surface area (Å²) >= 11 is 0. The first-order valence-electron chi connectivity index (χ1n) is 6.61. The van der Waals surface area contributed by atoms with Crippen molar-refractivity contribution in [1.29, 1.82) is 0 Å². The van der Waals surface area contributed by atoms with Gasteiger partial charge in [0.1, 0.15) is 18.1 Å². The lowest BCUT2D eigenvalue weighted by Gasteiger charge is -2.15. The molecule has 0 saturated carbocycles. The molecule has 100 valence electrons. The van der Waals surface area contributed by atoms with E-state index in [1.54, 1.807) is 0 Å². The van der Waals surface area contributed by atoms with Crippen LogP contribution in [0, 0.1) is 0 Å². The van der Waals surface area contributed by atoms with Gasteiger partial charge in [-0.2, -0.15) is 0 Å². The Bertz CT molecular complexity index is 353. The highest BCUT2D eigenvalue weighted by Crippen LogP contribution is 2.17. The third-order valence-electron chi connectivity index (χ3n) is 3.12. The first-order valence-corrected chi connectivity index (χ1v) is 6.61. The summed E-state index contributed by atoms with van der Waals surface area (Å²) in [5.74, 6) is 1.78. The minimum absolute atomic E-state index is 0.343. The van der Waals surface area contributed by atoms with E-state index in [0.717, 1.165) is 37.6 Å². The van der Waals surface area contributed by atoms with Gasteiger partial charge in [-0.3, -0.25) is 4.90 Å². The number of likely N-dealkylation sites (tertiary alicyclic amines) is 1. The molecule has 0 aliphatic carbocycles. The van der Waals surface area contributed by atoms with Gasteiger partial charge in [0.15, 0.2) is 0 Å². The lowest BCUT2D eigenvalue weighted by atomic mass is 10.3. The monoisotopic (exact) mass is 250 g/mol. The van der Waals surface area contributed by atoms with Crippen LogP contribution in [-0.2, 0) is 0 Å². The number of rotatable bonds is 6. The topological polar surface area (TPSA) is 47.7 Å². The van der Waals surface area contributed by atoms with Crippen LogP contribution in [0.1, 0.15) is 13.3 Å². The van der Waals surface area contributed by atoms with Crippen molar-refractivity contribution in [1.82, 2.24) is 4.90 Å². The molecule has 1 unspecified atom stereocenters. The fourth-order valence-corrected chi connectivity index (χ4v) is 2.16. The van der Waals surface area contributed by atoms with Crippen LogP contribution in [0.25, 0.3) is 0 Å².